The van der Waals surface area contributed by atoms with Gasteiger partial charge in [-0.1, -0.05) is 0 Å². The van der Waals surface area contributed by atoms with Crippen LogP contribution in [0.25, 0.3) is 0 Å². The van der Waals surface area contributed by atoms with Gasteiger partial charge < -0.3 is 25.0 Å². The highest BCUT2D eigenvalue weighted by Crippen LogP contribution is 2.41. The Labute approximate surface area is 183 Å². The van der Waals surface area contributed by atoms with Gasteiger partial charge in [0.15, 0.2) is 0 Å². The summed E-state index contributed by atoms with van der Waals surface area (Å²) in [5.41, 5.74) is -0.708. The topological polar surface area (TPSA) is 116 Å². The van der Waals surface area contributed by atoms with Crippen LogP contribution in [0.5, 0.6) is 0 Å². The van der Waals surface area contributed by atoms with Gasteiger partial charge in [-0.2, -0.15) is 0 Å². The number of carboxylic acid groups (broad SMARTS) is 1. The molecular weight excluding hydrogens is 402 g/mol. The number of likely N-dealkylation sites (tertiary alicyclic amines) is 1. The van der Waals surface area contributed by atoms with Gasteiger partial charge in [-0.15, -0.1) is 0 Å². The molecular formula is C22H35N3O6. The molecule has 0 saturated carbocycles. The zero-order valence-electron chi connectivity index (χ0n) is 18.9. The molecule has 3 atom stereocenters. The third-order valence-corrected chi connectivity index (χ3v) is 6.72. The van der Waals surface area contributed by atoms with E-state index in [1.54, 1.807) is 32.6 Å². The number of hydrogen-bond donors (Lipinski definition) is 2. The van der Waals surface area contributed by atoms with Crippen LogP contribution in [0.3, 0.4) is 0 Å². The summed E-state index contributed by atoms with van der Waals surface area (Å²) in [6, 6.07) is -1.03. The van der Waals surface area contributed by atoms with Gasteiger partial charge >= 0.3 is 12.1 Å². The molecule has 3 heterocycles. The minimum absolute atomic E-state index is 0.00405. The van der Waals surface area contributed by atoms with Crippen molar-refractivity contribution in [2.45, 2.75) is 89.9 Å². The van der Waals surface area contributed by atoms with Crippen LogP contribution in [0, 0.1) is 11.8 Å². The third-order valence-electron chi connectivity index (χ3n) is 6.72. The molecule has 31 heavy (non-hydrogen) atoms. The van der Waals surface area contributed by atoms with Crippen LogP contribution in [-0.2, 0) is 19.1 Å². The molecule has 3 saturated heterocycles. The maximum Gasteiger partial charge on any atom is 0.408 e. The van der Waals surface area contributed by atoms with E-state index in [1.807, 2.05) is 4.90 Å². The number of carbonyl (C=O) groups is 4. The lowest BCUT2D eigenvalue weighted by Gasteiger charge is -2.43. The number of rotatable bonds is 4. The number of piperidine rings is 2. The summed E-state index contributed by atoms with van der Waals surface area (Å²) >= 11 is 0. The SMILES string of the molecule is CC(=O)N1CCC(C(=O)N2C3CCC2CC([C@H](NC(=O)OC(C)(C)C)C(=O)O)C3)CC1. The van der Waals surface area contributed by atoms with Gasteiger partial charge in [-0.05, 0) is 65.2 Å². The molecule has 9 nitrogen and oxygen atoms in total. The summed E-state index contributed by atoms with van der Waals surface area (Å²) in [5, 5.41) is 12.3. The van der Waals surface area contributed by atoms with Crippen molar-refractivity contribution in [3.8, 4) is 0 Å². The number of carbonyl (C=O) groups excluding carboxylic acids is 3. The minimum Gasteiger partial charge on any atom is -0.480 e. The molecule has 2 N–H and O–H groups in total. The second-order valence-corrected chi connectivity index (χ2v) is 10.1. The Morgan fingerprint density at radius 3 is 2.00 bits per heavy atom. The predicted octanol–water partition coefficient (Wildman–Crippen LogP) is 1.99. The van der Waals surface area contributed by atoms with E-state index in [-0.39, 0.29) is 35.7 Å². The van der Waals surface area contributed by atoms with E-state index < -0.39 is 23.7 Å². The Kier molecular flexibility index (Phi) is 6.81. The lowest BCUT2D eigenvalue weighted by Crippen LogP contribution is -2.56. The smallest absolute Gasteiger partial charge is 0.408 e. The number of carboxylic acids is 1. The largest absolute Gasteiger partial charge is 0.480 e. The molecule has 0 aromatic carbocycles. The normalized spacial score (nSPS) is 27.5. The molecule has 3 fully saturated rings. The first kappa shape index (κ1) is 23.3. The number of fused-ring (bicyclic) bond motifs is 2. The van der Waals surface area contributed by atoms with Gasteiger partial charge in [0.2, 0.25) is 11.8 Å². The molecule has 3 aliphatic rings. The molecule has 2 unspecified atom stereocenters. The van der Waals surface area contributed by atoms with Crippen molar-refractivity contribution in [3.05, 3.63) is 0 Å². The van der Waals surface area contributed by atoms with Crippen LogP contribution in [0.2, 0.25) is 0 Å². The lowest BCUT2D eigenvalue weighted by molar-refractivity contribution is -0.146. The number of nitrogens with one attached hydrogen (secondary N) is 1. The third kappa shape index (κ3) is 5.49. The molecule has 9 heteroatoms. The van der Waals surface area contributed by atoms with Crippen LogP contribution in [-0.4, -0.2) is 75.6 Å². The van der Waals surface area contributed by atoms with E-state index in [9.17, 15) is 24.3 Å². The van der Waals surface area contributed by atoms with E-state index in [4.69, 9.17) is 4.74 Å². The number of ether oxygens (including phenoxy) is 1. The number of amides is 3. The quantitative estimate of drug-likeness (QED) is 0.695. The first-order valence-corrected chi connectivity index (χ1v) is 11.3. The monoisotopic (exact) mass is 437 g/mol. The van der Waals surface area contributed by atoms with E-state index in [1.165, 1.54) is 0 Å². The second-order valence-electron chi connectivity index (χ2n) is 10.1. The van der Waals surface area contributed by atoms with Crippen LogP contribution >= 0.6 is 0 Å². The van der Waals surface area contributed by atoms with E-state index >= 15 is 0 Å². The van der Waals surface area contributed by atoms with Gasteiger partial charge in [0, 0.05) is 38.0 Å². The van der Waals surface area contributed by atoms with E-state index in [0.29, 0.717) is 38.8 Å². The van der Waals surface area contributed by atoms with Crippen molar-refractivity contribution in [2.75, 3.05) is 13.1 Å². The lowest BCUT2D eigenvalue weighted by atomic mass is 9.83. The predicted molar refractivity (Wildman–Crippen MR) is 112 cm³/mol. The standard InChI is InChI=1S/C22H35N3O6/c1-13(26)24-9-7-14(8-10-24)19(27)25-16-5-6-17(25)12-15(11-16)18(20(28)29)23-21(30)31-22(2,3)4/h14-18H,5-12H2,1-4H3,(H,23,30)(H,28,29)/t15?,16?,17?,18-/m0/s1. The maximum atomic E-state index is 13.3. The Morgan fingerprint density at radius 2 is 1.55 bits per heavy atom. The fourth-order valence-electron chi connectivity index (χ4n) is 5.32. The average molecular weight is 438 g/mol. The number of alkyl carbamates (subject to hydrolysis) is 1. The van der Waals surface area contributed by atoms with Gasteiger partial charge in [0.1, 0.15) is 11.6 Å². The average Bonchev–Trinajstić information content (AvgIpc) is 2.93. The molecule has 3 rings (SSSR count). The molecule has 0 aliphatic carbocycles. The molecule has 2 bridgehead atoms. The van der Waals surface area contributed by atoms with Crippen molar-refractivity contribution >= 4 is 23.9 Å². The molecule has 0 aromatic heterocycles. The zero-order valence-corrected chi connectivity index (χ0v) is 18.9. The van der Waals surface area contributed by atoms with Crippen molar-refractivity contribution in [1.29, 1.82) is 0 Å². The van der Waals surface area contributed by atoms with Crippen LogP contribution in [0.1, 0.15) is 66.2 Å². The fourth-order valence-corrected chi connectivity index (χ4v) is 5.32. The number of nitrogens with zero attached hydrogens (tertiary/aromatic N) is 2. The number of aliphatic carboxylic acids is 1. The zero-order chi connectivity index (χ0) is 22.9. The summed E-state index contributed by atoms with van der Waals surface area (Å²) in [6.07, 6.45) is 3.45. The van der Waals surface area contributed by atoms with Crippen molar-refractivity contribution in [2.24, 2.45) is 11.8 Å². The van der Waals surface area contributed by atoms with Crippen molar-refractivity contribution in [1.82, 2.24) is 15.1 Å². The van der Waals surface area contributed by atoms with Gasteiger partial charge in [-0.25, -0.2) is 9.59 Å². The maximum absolute atomic E-state index is 13.3. The molecule has 0 aromatic rings. The molecule has 0 spiro atoms. The van der Waals surface area contributed by atoms with Crippen LogP contribution in [0.4, 0.5) is 4.79 Å². The Balaban J connectivity index is 1.62. The fraction of sp³-hybridized carbons (Fsp3) is 0.818. The second kappa shape index (κ2) is 9.04. The summed E-state index contributed by atoms with van der Waals surface area (Å²) in [5.74, 6) is -1.21. The van der Waals surface area contributed by atoms with Crippen molar-refractivity contribution in [3.63, 3.8) is 0 Å². The van der Waals surface area contributed by atoms with Crippen molar-refractivity contribution < 1.29 is 29.0 Å². The first-order valence-electron chi connectivity index (χ1n) is 11.3. The van der Waals surface area contributed by atoms with Gasteiger partial charge in [0.05, 0.1) is 0 Å². The first-order chi connectivity index (χ1) is 14.5. The Morgan fingerprint density at radius 1 is 1.00 bits per heavy atom. The highest BCUT2D eigenvalue weighted by molar-refractivity contribution is 5.82. The summed E-state index contributed by atoms with van der Waals surface area (Å²) in [7, 11) is 0. The summed E-state index contributed by atoms with van der Waals surface area (Å²) in [4.78, 5) is 52.6. The minimum atomic E-state index is -1.08. The molecule has 0 radical (unpaired) electrons. The van der Waals surface area contributed by atoms with E-state index in [2.05, 4.69) is 5.32 Å². The Bertz CT molecular complexity index is 711. The summed E-state index contributed by atoms with van der Waals surface area (Å²) in [6.45, 7) is 7.96. The Hall–Kier alpha value is -2.32. The molecule has 174 valence electrons. The van der Waals surface area contributed by atoms with Crippen LogP contribution in [0.15, 0.2) is 0 Å². The number of hydrogen-bond acceptors (Lipinski definition) is 5. The van der Waals surface area contributed by atoms with Crippen LogP contribution < -0.4 is 5.32 Å². The highest BCUT2D eigenvalue weighted by atomic mass is 16.6. The summed E-state index contributed by atoms with van der Waals surface area (Å²) < 4.78 is 5.24. The van der Waals surface area contributed by atoms with E-state index in [0.717, 1.165) is 12.8 Å². The van der Waals surface area contributed by atoms with Gasteiger partial charge in [-0.3, -0.25) is 9.59 Å². The molecule has 3 aliphatic heterocycles. The van der Waals surface area contributed by atoms with Gasteiger partial charge in [0.25, 0.3) is 0 Å². The molecule has 3 amide bonds. The highest BCUT2D eigenvalue weighted by Gasteiger charge is 2.48.